The number of amides is 2. The average Bonchev–Trinajstić information content (AvgIpc) is 2.41. The maximum Gasteiger partial charge on any atom is 0.266 e. The monoisotopic (exact) mass is 278 g/mol. The molecule has 1 aliphatic rings. The second-order valence-electron chi connectivity index (χ2n) is 4.75. The molecule has 0 saturated heterocycles. The molecule has 7 heteroatoms. The molecule has 1 aromatic rings. The summed E-state index contributed by atoms with van der Waals surface area (Å²) in [6.07, 6.45) is 1.57. The Labute approximate surface area is 117 Å². The van der Waals surface area contributed by atoms with Crippen LogP contribution < -0.4 is 15.0 Å². The summed E-state index contributed by atoms with van der Waals surface area (Å²) in [5.41, 5.74) is 0. The number of carbonyl (C=O) groups is 2. The quantitative estimate of drug-likeness (QED) is 0.785. The van der Waals surface area contributed by atoms with Gasteiger partial charge < -0.3 is 15.0 Å². The third-order valence-electron chi connectivity index (χ3n) is 2.84. The van der Waals surface area contributed by atoms with Gasteiger partial charge in [-0.05, 0) is 26.2 Å². The van der Waals surface area contributed by atoms with Crippen molar-refractivity contribution < 1.29 is 14.3 Å². The highest BCUT2D eigenvalue weighted by Gasteiger charge is 2.28. The van der Waals surface area contributed by atoms with Crippen LogP contribution in [0.2, 0.25) is 0 Å². The SMILES string of the molecule is CN(C)CCNC(=O)CN1C(=O)COc2cccnc21. The topological polar surface area (TPSA) is 74.8 Å². The number of hydrogen-bond acceptors (Lipinski definition) is 5. The normalized spacial score (nSPS) is 13.9. The van der Waals surface area contributed by atoms with E-state index >= 15 is 0 Å². The minimum atomic E-state index is -0.265. The van der Waals surface area contributed by atoms with Crippen LogP contribution in [-0.4, -0.2) is 62.0 Å². The molecule has 108 valence electrons. The Balaban J connectivity index is 1.98. The van der Waals surface area contributed by atoms with E-state index in [1.165, 1.54) is 4.90 Å². The highest BCUT2D eigenvalue weighted by Crippen LogP contribution is 2.28. The van der Waals surface area contributed by atoms with E-state index in [9.17, 15) is 9.59 Å². The first-order valence-corrected chi connectivity index (χ1v) is 6.37. The Hall–Kier alpha value is -2.15. The number of nitrogens with one attached hydrogen (secondary N) is 1. The number of carbonyl (C=O) groups excluding carboxylic acids is 2. The fraction of sp³-hybridized carbons (Fsp3) is 0.462. The van der Waals surface area contributed by atoms with Crippen LogP contribution in [0.15, 0.2) is 18.3 Å². The predicted octanol–water partition coefficient (Wildman–Crippen LogP) is -0.515. The molecule has 0 unspecified atom stereocenters. The van der Waals surface area contributed by atoms with Gasteiger partial charge in [-0.25, -0.2) is 4.98 Å². The van der Waals surface area contributed by atoms with E-state index < -0.39 is 0 Å². The molecule has 0 radical (unpaired) electrons. The van der Waals surface area contributed by atoms with Crippen molar-refractivity contribution in [3.8, 4) is 5.75 Å². The molecule has 0 spiro atoms. The first-order valence-electron chi connectivity index (χ1n) is 6.37. The lowest BCUT2D eigenvalue weighted by molar-refractivity contribution is -0.125. The second-order valence-corrected chi connectivity index (χ2v) is 4.75. The summed E-state index contributed by atoms with van der Waals surface area (Å²) in [5, 5.41) is 2.77. The molecule has 0 aliphatic carbocycles. The van der Waals surface area contributed by atoms with Gasteiger partial charge in [-0.2, -0.15) is 0 Å². The zero-order valence-electron chi connectivity index (χ0n) is 11.6. The van der Waals surface area contributed by atoms with E-state index in [1.54, 1.807) is 18.3 Å². The number of ether oxygens (including phenoxy) is 1. The van der Waals surface area contributed by atoms with Crippen LogP contribution >= 0.6 is 0 Å². The van der Waals surface area contributed by atoms with Crippen molar-refractivity contribution in [1.29, 1.82) is 0 Å². The van der Waals surface area contributed by atoms with Gasteiger partial charge in [-0.1, -0.05) is 0 Å². The van der Waals surface area contributed by atoms with Crippen LogP contribution in [0, 0.1) is 0 Å². The Kier molecular flexibility index (Phi) is 4.52. The van der Waals surface area contributed by atoms with Gasteiger partial charge in [0.25, 0.3) is 5.91 Å². The lowest BCUT2D eigenvalue weighted by atomic mass is 10.3. The van der Waals surface area contributed by atoms with Crippen molar-refractivity contribution in [3.63, 3.8) is 0 Å². The number of fused-ring (bicyclic) bond motifs is 1. The number of nitrogens with zero attached hydrogens (tertiary/aromatic N) is 3. The number of likely N-dealkylation sites (N-methyl/N-ethyl adjacent to an activating group) is 1. The van der Waals surface area contributed by atoms with Crippen LogP contribution in [0.4, 0.5) is 5.82 Å². The summed E-state index contributed by atoms with van der Waals surface area (Å²) in [5.74, 6) is 0.442. The summed E-state index contributed by atoms with van der Waals surface area (Å²) in [7, 11) is 3.86. The molecule has 1 aliphatic heterocycles. The molecule has 0 aromatic carbocycles. The first kappa shape index (κ1) is 14.3. The van der Waals surface area contributed by atoms with Crippen LogP contribution in [-0.2, 0) is 9.59 Å². The van der Waals surface area contributed by atoms with Crippen LogP contribution in [0.3, 0.4) is 0 Å². The summed E-state index contributed by atoms with van der Waals surface area (Å²) in [6, 6.07) is 3.45. The third kappa shape index (κ3) is 3.45. The molecule has 0 atom stereocenters. The van der Waals surface area contributed by atoms with Gasteiger partial charge in [-0.3, -0.25) is 14.5 Å². The van der Waals surface area contributed by atoms with E-state index in [4.69, 9.17) is 4.74 Å². The summed E-state index contributed by atoms with van der Waals surface area (Å²) < 4.78 is 5.27. The van der Waals surface area contributed by atoms with E-state index in [2.05, 4.69) is 10.3 Å². The largest absolute Gasteiger partial charge is 0.480 e. The second kappa shape index (κ2) is 6.33. The van der Waals surface area contributed by atoms with Gasteiger partial charge in [0.15, 0.2) is 18.2 Å². The van der Waals surface area contributed by atoms with Crippen molar-refractivity contribution in [1.82, 2.24) is 15.2 Å². The minimum Gasteiger partial charge on any atom is -0.480 e. The molecule has 0 saturated carbocycles. The average molecular weight is 278 g/mol. The molecule has 2 heterocycles. The van der Waals surface area contributed by atoms with Crippen molar-refractivity contribution in [2.75, 3.05) is 45.2 Å². The molecule has 7 nitrogen and oxygen atoms in total. The van der Waals surface area contributed by atoms with Crippen molar-refractivity contribution in [3.05, 3.63) is 18.3 Å². The van der Waals surface area contributed by atoms with Gasteiger partial charge in [-0.15, -0.1) is 0 Å². The molecule has 1 N–H and O–H groups in total. The Bertz CT molecular complexity index is 504. The molecule has 20 heavy (non-hydrogen) atoms. The molecule has 0 fully saturated rings. The highest BCUT2D eigenvalue weighted by atomic mass is 16.5. The summed E-state index contributed by atoms with van der Waals surface area (Å²) in [6.45, 7) is 1.18. The lowest BCUT2D eigenvalue weighted by Crippen LogP contribution is -2.46. The molecule has 0 bridgehead atoms. The molecule has 1 aromatic heterocycles. The minimum absolute atomic E-state index is 0.0420. The van der Waals surface area contributed by atoms with E-state index in [-0.39, 0.29) is 25.0 Å². The molecule has 2 rings (SSSR count). The van der Waals surface area contributed by atoms with E-state index in [0.717, 1.165) is 6.54 Å². The number of hydrogen-bond donors (Lipinski definition) is 1. The number of aromatic nitrogens is 1. The van der Waals surface area contributed by atoms with Crippen molar-refractivity contribution >= 4 is 17.6 Å². The zero-order chi connectivity index (χ0) is 14.5. The molecule has 2 amide bonds. The van der Waals surface area contributed by atoms with Crippen LogP contribution in [0.25, 0.3) is 0 Å². The molecular formula is C13H18N4O3. The third-order valence-corrected chi connectivity index (χ3v) is 2.84. The number of pyridine rings is 1. The van der Waals surface area contributed by atoms with Gasteiger partial charge in [0, 0.05) is 19.3 Å². The van der Waals surface area contributed by atoms with Gasteiger partial charge in [0.05, 0.1) is 0 Å². The standard InChI is InChI=1S/C13H18N4O3/c1-16(2)7-6-14-11(18)8-17-12(19)9-20-10-4-3-5-15-13(10)17/h3-5H,6-9H2,1-2H3,(H,14,18). The molecular weight excluding hydrogens is 260 g/mol. The number of rotatable bonds is 5. The highest BCUT2D eigenvalue weighted by molar-refractivity contribution is 6.01. The van der Waals surface area contributed by atoms with Crippen molar-refractivity contribution in [2.24, 2.45) is 0 Å². The Morgan fingerprint density at radius 1 is 1.55 bits per heavy atom. The predicted molar refractivity (Wildman–Crippen MR) is 73.6 cm³/mol. The number of anilines is 1. The maximum absolute atomic E-state index is 11.9. The van der Waals surface area contributed by atoms with Crippen LogP contribution in [0.5, 0.6) is 5.75 Å². The smallest absolute Gasteiger partial charge is 0.266 e. The zero-order valence-corrected chi connectivity index (χ0v) is 11.6. The Morgan fingerprint density at radius 2 is 2.35 bits per heavy atom. The van der Waals surface area contributed by atoms with Gasteiger partial charge in [0.1, 0.15) is 6.54 Å². The van der Waals surface area contributed by atoms with Gasteiger partial charge in [0.2, 0.25) is 5.91 Å². The summed E-state index contributed by atoms with van der Waals surface area (Å²) >= 11 is 0. The van der Waals surface area contributed by atoms with E-state index in [0.29, 0.717) is 18.1 Å². The maximum atomic E-state index is 11.9. The van der Waals surface area contributed by atoms with Crippen LogP contribution in [0.1, 0.15) is 0 Å². The summed E-state index contributed by atoms with van der Waals surface area (Å²) in [4.78, 5) is 31.1. The fourth-order valence-electron chi connectivity index (χ4n) is 1.81. The lowest BCUT2D eigenvalue weighted by Gasteiger charge is -2.27. The van der Waals surface area contributed by atoms with Crippen molar-refractivity contribution in [2.45, 2.75) is 0 Å². The first-order chi connectivity index (χ1) is 9.58. The fourth-order valence-corrected chi connectivity index (χ4v) is 1.81. The van der Waals surface area contributed by atoms with Gasteiger partial charge >= 0.3 is 0 Å². The Morgan fingerprint density at radius 3 is 3.10 bits per heavy atom. The van der Waals surface area contributed by atoms with E-state index in [1.807, 2.05) is 19.0 Å².